The van der Waals surface area contributed by atoms with Gasteiger partial charge in [-0.1, -0.05) is 30.3 Å². The van der Waals surface area contributed by atoms with Crippen molar-refractivity contribution in [2.24, 2.45) is 0 Å². The SMILES string of the molecule is O=c1[nH]nc2c3c(cccc13)NOC(c1ccc(CN3CCC3)cc1)C2c1ncn[nH]1. The van der Waals surface area contributed by atoms with Crippen molar-refractivity contribution < 1.29 is 4.84 Å². The van der Waals surface area contributed by atoms with Gasteiger partial charge in [0.1, 0.15) is 18.3 Å². The average molecular weight is 415 g/mol. The topological polar surface area (TPSA) is 112 Å². The fourth-order valence-electron chi connectivity index (χ4n) is 4.40. The normalized spacial score (nSPS) is 20.8. The molecule has 2 aromatic carbocycles. The molecule has 4 aromatic rings. The minimum absolute atomic E-state index is 0.243. The third-order valence-electron chi connectivity index (χ3n) is 6.13. The average Bonchev–Trinajstić information content (AvgIpc) is 3.24. The van der Waals surface area contributed by atoms with E-state index in [2.05, 4.69) is 60.0 Å². The molecule has 9 nitrogen and oxygen atoms in total. The lowest BCUT2D eigenvalue weighted by Gasteiger charge is -2.30. The minimum Gasteiger partial charge on any atom is -0.299 e. The molecule has 0 aliphatic carbocycles. The molecule has 2 aliphatic rings. The van der Waals surface area contributed by atoms with Gasteiger partial charge >= 0.3 is 0 Å². The van der Waals surface area contributed by atoms with Crippen molar-refractivity contribution in [3.63, 3.8) is 0 Å². The van der Waals surface area contributed by atoms with Crippen molar-refractivity contribution in [2.75, 3.05) is 18.6 Å². The molecule has 9 heteroatoms. The highest BCUT2D eigenvalue weighted by molar-refractivity contribution is 5.95. The number of hydrogen-bond acceptors (Lipinski definition) is 7. The number of nitrogens with zero attached hydrogens (tertiary/aromatic N) is 4. The van der Waals surface area contributed by atoms with E-state index < -0.39 is 6.10 Å². The van der Waals surface area contributed by atoms with Gasteiger partial charge in [-0.3, -0.25) is 25.1 Å². The molecule has 6 rings (SSSR count). The molecule has 31 heavy (non-hydrogen) atoms. The van der Waals surface area contributed by atoms with Gasteiger partial charge in [-0.05, 0) is 42.8 Å². The molecule has 2 aliphatic heterocycles. The van der Waals surface area contributed by atoms with E-state index in [0.29, 0.717) is 22.6 Å². The van der Waals surface area contributed by atoms with Gasteiger partial charge in [0.15, 0.2) is 0 Å². The Morgan fingerprint density at radius 3 is 2.71 bits per heavy atom. The second kappa shape index (κ2) is 7.29. The van der Waals surface area contributed by atoms with E-state index in [9.17, 15) is 4.79 Å². The van der Waals surface area contributed by atoms with Crippen molar-refractivity contribution in [1.82, 2.24) is 30.3 Å². The summed E-state index contributed by atoms with van der Waals surface area (Å²) in [6.45, 7) is 3.29. The van der Waals surface area contributed by atoms with Crippen LogP contribution in [-0.4, -0.2) is 43.4 Å². The van der Waals surface area contributed by atoms with Gasteiger partial charge in [0.05, 0.1) is 22.7 Å². The van der Waals surface area contributed by atoms with Crippen LogP contribution in [0.15, 0.2) is 53.6 Å². The summed E-state index contributed by atoms with van der Waals surface area (Å²) < 4.78 is 0. The summed E-state index contributed by atoms with van der Waals surface area (Å²) in [5, 5.41) is 15.4. The van der Waals surface area contributed by atoms with Crippen molar-refractivity contribution in [3.05, 3.63) is 81.8 Å². The predicted octanol–water partition coefficient (Wildman–Crippen LogP) is 2.48. The number of likely N-dealkylation sites (tertiary alicyclic amines) is 1. The van der Waals surface area contributed by atoms with Crippen LogP contribution in [0, 0.1) is 0 Å². The molecule has 2 atom stereocenters. The Morgan fingerprint density at radius 1 is 1.10 bits per heavy atom. The van der Waals surface area contributed by atoms with Crippen LogP contribution in [-0.2, 0) is 11.4 Å². The molecule has 0 radical (unpaired) electrons. The molecule has 3 N–H and O–H groups in total. The van der Waals surface area contributed by atoms with Crippen LogP contribution in [0.25, 0.3) is 10.8 Å². The van der Waals surface area contributed by atoms with Crippen LogP contribution in [0.5, 0.6) is 0 Å². The number of rotatable bonds is 4. The Balaban J connectivity index is 1.46. The standard InChI is InChI=1S/C22H21N7O2/c30-22-15-3-1-4-16-17(15)19(25-27-22)18(21-23-12-24-26-21)20(31-28-16)14-7-5-13(6-8-14)11-29-9-2-10-29/h1,3-8,12,18,20,28H,2,9-11H2,(H,27,30)(H,23,24,26). The zero-order chi connectivity index (χ0) is 20.8. The van der Waals surface area contributed by atoms with Crippen LogP contribution in [0.3, 0.4) is 0 Å². The number of benzene rings is 2. The molecule has 1 fully saturated rings. The minimum atomic E-state index is -0.431. The Bertz CT molecular complexity index is 1280. The van der Waals surface area contributed by atoms with Gasteiger partial charge in [-0.15, -0.1) is 0 Å². The van der Waals surface area contributed by atoms with Gasteiger partial charge in [0, 0.05) is 11.9 Å². The maximum Gasteiger partial charge on any atom is 0.272 e. The van der Waals surface area contributed by atoms with E-state index >= 15 is 0 Å². The highest BCUT2D eigenvalue weighted by atomic mass is 16.7. The van der Waals surface area contributed by atoms with Gasteiger partial charge in [-0.2, -0.15) is 10.2 Å². The van der Waals surface area contributed by atoms with Crippen molar-refractivity contribution in [1.29, 1.82) is 0 Å². The summed E-state index contributed by atoms with van der Waals surface area (Å²) in [7, 11) is 0. The molecule has 1 saturated heterocycles. The molecule has 4 heterocycles. The Kier molecular flexibility index (Phi) is 4.29. The predicted molar refractivity (Wildman–Crippen MR) is 114 cm³/mol. The molecule has 2 unspecified atom stereocenters. The number of aromatic nitrogens is 5. The van der Waals surface area contributed by atoms with E-state index in [1.54, 1.807) is 6.07 Å². The first-order valence-electron chi connectivity index (χ1n) is 10.4. The van der Waals surface area contributed by atoms with Crippen molar-refractivity contribution in [3.8, 4) is 0 Å². The van der Waals surface area contributed by atoms with Gasteiger partial charge in [-0.25, -0.2) is 10.1 Å². The first-order valence-corrected chi connectivity index (χ1v) is 10.4. The lowest BCUT2D eigenvalue weighted by Crippen LogP contribution is -2.36. The molecule has 0 bridgehead atoms. The van der Waals surface area contributed by atoms with E-state index in [4.69, 9.17) is 4.84 Å². The zero-order valence-corrected chi connectivity index (χ0v) is 16.7. The largest absolute Gasteiger partial charge is 0.299 e. The zero-order valence-electron chi connectivity index (χ0n) is 16.7. The third-order valence-corrected chi connectivity index (χ3v) is 6.13. The first-order chi connectivity index (χ1) is 15.3. The fourth-order valence-corrected chi connectivity index (χ4v) is 4.40. The van der Waals surface area contributed by atoms with Crippen LogP contribution in [0.4, 0.5) is 5.69 Å². The smallest absolute Gasteiger partial charge is 0.272 e. The van der Waals surface area contributed by atoms with Crippen LogP contribution < -0.4 is 11.0 Å². The number of nitrogens with one attached hydrogen (secondary N) is 3. The summed E-state index contributed by atoms with van der Waals surface area (Å²) in [6, 6.07) is 13.9. The summed E-state index contributed by atoms with van der Waals surface area (Å²) in [6.07, 6.45) is 2.31. The lowest BCUT2D eigenvalue weighted by molar-refractivity contribution is 0.0859. The van der Waals surface area contributed by atoms with Gasteiger partial charge < -0.3 is 0 Å². The lowest BCUT2D eigenvalue weighted by atomic mass is 9.89. The van der Waals surface area contributed by atoms with Crippen molar-refractivity contribution >= 4 is 16.5 Å². The first kappa shape index (κ1) is 18.2. The van der Waals surface area contributed by atoms with E-state index in [1.165, 1.54) is 18.3 Å². The molecular formula is C22H21N7O2. The second-order valence-corrected chi connectivity index (χ2v) is 8.03. The maximum absolute atomic E-state index is 12.4. The Hall–Kier alpha value is -3.56. The molecular weight excluding hydrogens is 394 g/mol. The molecule has 2 aromatic heterocycles. The van der Waals surface area contributed by atoms with Crippen molar-refractivity contribution in [2.45, 2.75) is 25.0 Å². The quantitative estimate of drug-likeness (QED) is 0.469. The number of H-pyrrole nitrogens is 2. The summed E-state index contributed by atoms with van der Waals surface area (Å²) >= 11 is 0. The monoisotopic (exact) mass is 415 g/mol. The summed E-state index contributed by atoms with van der Waals surface area (Å²) in [5.41, 5.74) is 6.45. The van der Waals surface area contributed by atoms with Crippen LogP contribution >= 0.6 is 0 Å². The fraction of sp³-hybridized carbons (Fsp3) is 0.273. The number of aromatic amines is 2. The third kappa shape index (κ3) is 3.09. The summed E-state index contributed by atoms with van der Waals surface area (Å²) in [5.74, 6) is 0.230. The molecule has 0 spiro atoms. The Morgan fingerprint density at radius 2 is 1.97 bits per heavy atom. The van der Waals surface area contributed by atoms with E-state index in [-0.39, 0.29) is 11.5 Å². The second-order valence-electron chi connectivity index (χ2n) is 8.03. The van der Waals surface area contributed by atoms with Crippen LogP contribution in [0.1, 0.15) is 41.1 Å². The molecule has 0 saturated carbocycles. The van der Waals surface area contributed by atoms with Crippen LogP contribution in [0.2, 0.25) is 0 Å². The summed E-state index contributed by atoms with van der Waals surface area (Å²) in [4.78, 5) is 25.4. The number of anilines is 1. The van der Waals surface area contributed by atoms with E-state index in [0.717, 1.165) is 30.6 Å². The highest BCUT2D eigenvalue weighted by Crippen LogP contribution is 2.43. The number of hydrogen-bond donors (Lipinski definition) is 3. The van der Waals surface area contributed by atoms with Gasteiger partial charge in [0.25, 0.3) is 5.56 Å². The Labute approximate surface area is 177 Å². The molecule has 0 amide bonds. The highest BCUT2D eigenvalue weighted by Gasteiger charge is 2.36. The van der Waals surface area contributed by atoms with Gasteiger partial charge in [0.2, 0.25) is 0 Å². The maximum atomic E-state index is 12.4. The molecule has 156 valence electrons. The van der Waals surface area contributed by atoms with E-state index in [1.807, 2.05) is 12.1 Å².